The Hall–Kier alpha value is -2.63. The minimum Gasteiger partial charge on any atom is -0.478 e. The van der Waals surface area contributed by atoms with Crippen LogP contribution >= 0.6 is 0 Å². The lowest BCUT2D eigenvalue weighted by Gasteiger charge is -1.95. The third-order valence-electron chi connectivity index (χ3n) is 2.19. The highest BCUT2D eigenvalue weighted by atomic mass is 16.6. The Bertz CT molecular complexity index is 587. The lowest BCUT2D eigenvalue weighted by Crippen LogP contribution is -1.91. The molecule has 1 aromatic heterocycles. The van der Waals surface area contributed by atoms with Crippen molar-refractivity contribution in [2.24, 2.45) is 0 Å². The fourth-order valence-corrected chi connectivity index (χ4v) is 1.37. The van der Waals surface area contributed by atoms with Crippen LogP contribution in [-0.2, 0) is 0 Å². The van der Waals surface area contributed by atoms with Crippen molar-refractivity contribution in [2.45, 2.75) is 0 Å². The maximum atomic E-state index is 10.7. The summed E-state index contributed by atoms with van der Waals surface area (Å²) in [5.74, 6) is -0.823. The summed E-state index contributed by atoms with van der Waals surface area (Å²) in [6, 6.07) is 7.12. The Balaban J connectivity index is 2.42. The molecule has 2 aromatic rings. The standard InChI is InChI=1S/C11H7NO5/c13-11(14)8-5-10(17-6-8)7-2-1-3-9(4-7)12(15)16/h1-6H,(H,13,14). The van der Waals surface area contributed by atoms with E-state index in [4.69, 9.17) is 9.52 Å². The number of carboxylic acids is 1. The summed E-state index contributed by atoms with van der Waals surface area (Å²) in [6.07, 6.45) is 1.09. The number of nitrogens with zero attached hydrogens (tertiary/aromatic N) is 1. The first-order valence-corrected chi connectivity index (χ1v) is 4.64. The topological polar surface area (TPSA) is 93.6 Å². The normalized spacial score (nSPS) is 10.1. The molecule has 0 aliphatic carbocycles. The summed E-state index contributed by atoms with van der Waals surface area (Å²) in [6.45, 7) is 0. The molecule has 1 N–H and O–H groups in total. The van der Waals surface area contributed by atoms with Gasteiger partial charge >= 0.3 is 5.97 Å². The maximum Gasteiger partial charge on any atom is 0.338 e. The number of hydrogen-bond acceptors (Lipinski definition) is 4. The number of rotatable bonds is 3. The fourth-order valence-electron chi connectivity index (χ4n) is 1.37. The summed E-state index contributed by atoms with van der Waals surface area (Å²) in [5.41, 5.74) is 0.397. The van der Waals surface area contributed by atoms with Gasteiger partial charge in [-0.05, 0) is 6.07 Å². The van der Waals surface area contributed by atoms with E-state index in [1.54, 1.807) is 6.07 Å². The van der Waals surface area contributed by atoms with Gasteiger partial charge in [0, 0.05) is 17.7 Å². The Kier molecular flexibility index (Phi) is 2.61. The quantitative estimate of drug-likeness (QED) is 0.649. The molecule has 0 radical (unpaired) electrons. The van der Waals surface area contributed by atoms with Gasteiger partial charge in [-0.25, -0.2) is 4.79 Å². The first-order valence-electron chi connectivity index (χ1n) is 4.64. The minimum absolute atomic E-state index is 0.00602. The van der Waals surface area contributed by atoms with Gasteiger partial charge in [0.2, 0.25) is 0 Å². The molecule has 0 aliphatic rings. The monoisotopic (exact) mass is 233 g/mol. The number of furan rings is 1. The Morgan fingerprint density at radius 2 is 2.12 bits per heavy atom. The van der Waals surface area contributed by atoms with Gasteiger partial charge in [0.15, 0.2) is 0 Å². The number of nitro groups is 1. The Labute approximate surface area is 95.3 Å². The van der Waals surface area contributed by atoms with Crippen molar-refractivity contribution < 1.29 is 19.2 Å². The van der Waals surface area contributed by atoms with Gasteiger partial charge in [0.1, 0.15) is 12.0 Å². The zero-order chi connectivity index (χ0) is 12.4. The number of benzene rings is 1. The first kappa shape index (κ1) is 10.9. The third kappa shape index (κ3) is 2.15. The predicted octanol–water partition coefficient (Wildman–Crippen LogP) is 2.55. The highest BCUT2D eigenvalue weighted by Crippen LogP contribution is 2.25. The van der Waals surface area contributed by atoms with Crippen LogP contribution in [0.5, 0.6) is 0 Å². The number of hydrogen-bond donors (Lipinski definition) is 1. The van der Waals surface area contributed by atoms with Crippen molar-refractivity contribution in [3.05, 3.63) is 52.3 Å². The van der Waals surface area contributed by atoms with E-state index in [1.165, 1.54) is 24.3 Å². The zero-order valence-electron chi connectivity index (χ0n) is 8.49. The molecule has 6 heteroatoms. The second-order valence-corrected chi connectivity index (χ2v) is 3.31. The summed E-state index contributed by atoms with van der Waals surface area (Å²) < 4.78 is 5.04. The molecule has 0 fully saturated rings. The number of aromatic carboxylic acids is 1. The SMILES string of the molecule is O=C(O)c1coc(-c2cccc([N+](=O)[O-])c2)c1. The molecule has 1 aromatic carbocycles. The molecule has 17 heavy (non-hydrogen) atoms. The molecule has 6 nitrogen and oxygen atoms in total. The van der Waals surface area contributed by atoms with Gasteiger partial charge in [-0.2, -0.15) is 0 Å². The highest BCUT2D eigenvalue weighted by Gasteiger charge is 2.12. The molecule has 0 unspecified atom stereocenters. The van der Waals surface area contributed by atoms with Crippen LogP contribution in [0.3, 0.4) is 0 Å². The fraction of sp³-hybridized carbons (Fsp3) is 0. The average molecular weight is 233 g/mol. The Morgan fingerprint density at radius 1 is 1.35 bits per heavy atom. The van der Waals surface area contributed by atoms with Gasteiger partial charge in [0.05, 0.1) is 10.5 Å². The van der Waals surface area contributed by atoms with Crippen LogP contribution in [-0.4, -0.2) is 16.0 Å². The van der Waals surface area contributed by atoms with Crippen molar-refractivity contribution in [3.8, 4) is 11.3 Å². The molecule has 1 heterocycles. The van der Waals surface area contributed by atoms with E-state index in [-0.39, 0.29) is 17.0 Å². The molecule has 0 amide bonds. The summed E-state index contributed by atoms with van der Waals surface area (Å²) in [5, 5.41) is 19.3. The van der Waals surface area contributed by atoms with Crippen LogP contribution in [0.4, 0.5) is 5.69 Å². The molecule has 86 valence electrons. The van der Waals surface area contributed by atoms with Gasteiger partial charge < -0.3 is 9.52 Å². The molecule has 0 atom stereocenters. The van der Waals surface area contributed by atoms with Crippen LogP contribution in [0.1, 0.15) is 10.4 Å². The van der Waals surface area contributed by atoms with Crippen molar-refractivity contribution in [2.75, 3.05) is 0 Å². The molecular formula is C11H7NO5. The predicted molar refractivity (Wildman–Crippen MR) is 57.8 cm³/mol. The van der Waals surface area contributed by atoms with Crippen LogP contribution < -0.4 is 0 Å². The van der Waals surface area contributed by atoms with Crippen molar-refractivity contribution in [1.29, 1.82) is 0 Å². The minimum atomic E-state index is -1.11. The van der Waals surface area contributed by atoms with E-state index in [2.05, 4.69) is 0 Å². The van der Waals surface area contributed by atoms with Crippen LogP contribution in [0.25, 0.3) is 11.3 Å². The molecule has 0 aliphatic heterocycles. The second-order valence-electron chi connectivity index (χ2n) is 3.31. The number of carbonyl (C=O) groups is 1. The second kappa shape index (κ2) is 4.09. The smallest absolute Gasteiger partial charge is 0.338 e. The van der Waals surface area contributed by atoms with Crippen LogP contribution in [0.15, 0.2) is 41.0 Å². The van der Waals surface area contributed by atoms with Gasteiger partial charge in [-0.1, -0.05) is 12.1 Å². The lowest BCUT2D eigenvalue weighted by atomic mass is 10.1. The summed E-state index contributed by atoms with van der Waals surface area (Å²) in [7, 11) is 0. The third-order valence-corrected chi connectivity index (χ3v) is 2.19. The van der Waals surface area contributed by atoms with Crippen molar-refractivity contribution in [3.63, 3.8) is 0 Å². The van der Waals surface area contributed by atoms with Crippen molar-refractivity contribution >= 4 is 11.7 Å². The number of nitro benzene ring substituents is 1. The molecule has 0 saturated heterocycles. The van der Waals surface area contributed by atoms with E-state index in [9.17, 15) is 14.9 Å². The van der Waals surface area contributed by atoms with E-state index in [0.717, 1.165) is 6.26 Å². The van der Waals surface area contributed by atoms with Crippen molar-refractivity contribution in [1.82, 2.24) is 0 Å². The van der Waals surface area contributed by atoms with E-state index < -0.39 is 10.9 Å². The molecule has 0 bridgehead atoms. The number of non-ortho nitro benzene ring substituents is 1. The average Bonchev–Trinajstić information content (AvgIpc) is 2.78. The van der Waals surface area contributed by atoms with Crippen LogP contribution in [0.2, 0.25) is 0 Å². The first-order chi connectivity index (χ1) is 8.08. The maximum absolute atomic E-state index is 10.7. The molecule has 0 spiro atoms. The zero-order valence-corrected chi connectivity index (χ0v) is 8.49. The van der Waals surface area contributed by atoms with E-state index in [0.29, 0.717) is 5.56 Å². The van der Waals surface area contributed by atoms with E-state index >= 15 is 0 Å². The molecular weight excluding hydrogens is 226 g/mol. The lowest BCUT2D eigenvalue weighted by molar-refractivity contribution is -0.384. The van der Waals surface area contributed by atoms with Gasteiger partial charge in [-0.15, -0.1) is 0 Å². The van der Waals surface area contributed by atoms with Gasteiger partial charge in [-0.3, -0.25) is 10.1 Å². The van der Waals surface area contributed by atoms with E-state index in [1.807, 2.05) is 0 Å². The molecule has 0 saturated carbocycles. The summed E-state index contributed by atoms with van der Waals surface area (Å²) >= 11 is 0. The molecule has 2 rings (SSSR count). The highest BCUT2D eigenvalue weighted by molar-refractivity contribution is 5.88. The Morgan fingerprint density at radius 3 is 2.71 bits per heavy atom. The number of carboxylic acid groups (broad SMARTS) is 1. The summed E-state index contributed by atoms with van der Waals surface area (Å²) in [4.78, 5) is 20.7. The van der Waals surface area contributed by atoms with Crippen LogP contribution in [0, 0.1) is 10.1 Å². The largest absolute Gasteiger partial charge is 0.478 e. The van der Waals surface area contributed by atoms with Gasteiger partial charge in [0.25, 0.3) is 5.69 Å².